The maximum Gasteiger partial charge on any atom is 0.224 e. The van der Waals surface area contributed by atoms with E-state index in [-0.39, 0.29) is 11.7 Å². The molecule has 4 heteroatoms. The molecule has 0 spiro atoms. The first-order valence-corrected chi connectivity index (χ1v) is 6.52. The quantitative estimate of drug-likeness (QED) is 0.395. The normalized spacial score (nSPS) is 10.3. The molecule has 0 unspecified atom stereocenters. The van der Waals surface area contributed by atoms with Gasteiger partial charge in [-0.15, -0.1) is 0 Å². The fourth-order valence-electron chi connectivity index (χ4n) is 1.77. The molecular weight excluding hydrogens is 228 g/mol. The van der Waals surface area contributed by atoms with Crippen molar-refractivity contribution < 1.29 is 9.90 Å². The molecule has 1 amide bonds. The first kappa shape index (κ1) is 14.4. The Labute approximate surface area is 108 Å². The van der Waals surface area contributed by atoms with Crippen molar-refractivity contribution in [1.82, 2.24) is 0 Å². The van der Waals surface area contributed by atoms with Gasteiger partial charge in [0.05, 0.1) is 11.4 Å². The Hall–Kier alpha value is -1.71. The van der Waals surface area contributed by atoms with Crippen molar-refractivity contribution >= 4 is 17.3 Å². The molecule has 0 aliphatic carbocycles. The molecule has 0 aliphatic heterocycles. The number of hydrogen-bond acceptors (Lipinski definition) is 3. The number of carbonyl (C=O) groups is 1. The summed E-state index contributed by atoms with van der Waals surface area (Å²) in [6.07, 6.45) is 6.13. The average molecular weight is 250 g/mol. The number of nitrogens with two attached hydrogens (primary N) is 1. The molecule has 0 saturated carbocycles. The van der Waals surface area contributed by atoms with Gasteiger partial charge in [0.25, 0.3) is 0 Å². The number of rotatable bonds is 7. The fourth-order valence-corrected chi connectivity index (χ4v) is 1.77. The highest BCUT2D eigenvalue weighted by atomic mass is 16.3. The molecule has 0 bridgehead atoms. The van der Waals surface area contributed by atoms with Gasteiger partial charge in [-0.25, -0.2) is 0 Å². The number of amides is 1. The van der Waals surface area contributed by atoms with E-state index in [4.69, 9.17) is 5.73 Å². The summed E-state index contributed by atoms with van der Waals surface area (Å²) in [7, 11) is 0. The van der Waals surface area contributed by atoms with Gasteiger partial charge in [-0.1, -0.05) is 32.6 Å². The summed E-state index contributed by atoms with van der Waals surface area (Å²) in [6.45, 7) is 2.17. The number of nitrogens with one attached hydrogen (secondary N) is 1. The largest absolute Gasteiger partial charge is 0.508 e. The molecule has 18 heavy (non-hydrogen) atoms. The third-order valence-corrected chi connectivity index (χ3v) is 2.82. The molecule has 0 radical (unpaired) electrons. The maximum atomic E-state index is 11.7. The summed E-state index contributed by atoms with van der Waals surface area (Å²) in [5.74, 6) is 0.0777. The van der Waals surface area contributed by atoms with E-state index in [2.05, 4.69) is 12.2 Å². The van der Waals surface area contributed by atoms with E-state index in [1.54, 1.807) is 6.07 Å². The topological polar surface area (TPSA) is 75.3 Å². The maximum absolute atomic E-state index is 11.7. The highest BCUT2D eigenvalue weighted by Crippen LogP contribution is 2.23. The minimum atomic E-state index is -0.0242. The molecule has 0 heterocycles. The van der Waals surface area contributed by atoms with Gasteiger partial charge < -0.3 is 16.2 Å². The number of phenols is 1. The standard InChI is InChI=1S/C14H22N2O2/c1-2-3-4-5-6-7-14(18)16-13-9-8-11(17)10-12(13)15/h8-10,17H,2-7,15H2,1H3,(H,16,18). The molecule has 0 fully saturated rings. The minimum absolute atomic E-state index is 0.0242. The van der Waals surface area contributed by atoms with Crippen molar-refractivity contribution in [2.45, 2.75) is 45.4 Å². The summed E-state index contributed by atoms with van der Waals surface area (Å²) >= 11 is 0. The number of anilines is 2. The Morgan fingerprint density at radius 1 is 1.28 bits per heavy atom. The predicted octanol–water partition coefficient (Wildman–Crippen LogP) is 3.27. The second-order valence-corrected chi connectivity index (χ2v) is 4.48. The summed E-state index contributed by atoms with van der Waals surface area (Å²) in [5.41, 5.74) is 6.63. The van der Waals surface area contributed by atoms with E-state index < -0.39 is 0 Å². The minimum Gasteiger partial charge on any atom is -0.508 e. The Morgan fingerprint density at radius 3 is 2.67 bits per heavy atom. The molecule has 1 rings (SSSR count). The van der Waals surface area contributed by atoms with Gasteiger partial charge in [0.2, 0.25) is 5.91 Å². The number of aromatic hydroxyl groups is 1. The van der Waals surface area contributed by atoms with Crippen LogP contribution in [-0.2, 0) is 4.79 Å². The molecule has 0 aliphatic rings. The van der Waals surface area contributed by atoms with Crippen molar-refractivity contribution in [2.75, 3.05) is 11.1 Å². The Bertz CT molecular complexity index is 391. The zero-order chi connectivity index (χ0) is 13.4. The first-order chi connectivity index (χ1) is 8.63. The third kappa shape index (κ3) is 5.08. The van der Waals surface area contributed by atoms with Crippen LogP contribution in [0.5, 0.6) is 5.75 Å². The Balaban J connectivity index is 2.31. The number of carbonyl (C=O) groups excluding carboxylic acids is 1. The molecule has 100 valence electrons. The van der Waals surface area contributed by atoms with E-state index in [0.29, 0.717) is 17.8 Å². The molecule has 0 atom stereocenters. The van der Waals surface area contributed by atoms with Gasteiger partial charge in [0.15, 0.2) is 0 Å². The van der Waals surface area contributed by atoms with E-state index in [1.807, 2.05) is 0 Å². The average Bonchev–Trinajstić information content (AvgIpc) is 2.32. The number of phenolic OH excluding ortho intramolecular Hbond substituents is 1. The van der Waals surface area contributed by atoms with Crippen LogP contribution in [-0.4, -0.2) is 11.0 Å². The predicted molar refractivity (Wildman–Crippen MR) is 74.5 cm³/mol. The van der Waals surface area contributed by atoms with Crippen molar-refractivity contribution in [1.29, 1.82) is 0 Å². The van der Waals surface area contributed by atoms with E-state index in [1.165, 1.54) is 31.4 Å². The van der Waals surface area contributed by atoms with Gasteiger partial charge in [-0.3, -0.25) is 4.79 Å². The van der Waals surface area contributed by atoms with Gasteiger partial charge in [0.1, 0.15) is 5.75 Å². The molecule has 0 saturated heterocycles. The van der Waals surface area contributed by atoms with Gasteiger partial charge in [-0.2, -0.15) is 0 Å². The van der Waals surface area contributed by atoms with Crippen LogP contribution in [0.3, 0.4) is 0 Å². The van der Waals surface area contributed by atoms with Crippen molar-refractivity contribution in [3.8, 4) is 5.75 Å². The van der Waals surface area contributed by atoms with Crippen LogP contribution >= 0.6 is 0 Å². The van der Waals surface area contributed by atoms with E-state index in [0.717, 1.165) is 12.8 Å². The van der Waals surface area contributed by atoms with Gasteiger partial charge in [0, 0.05) is 12.5 Å². The molecule has 4 nitrogen and oxygen atoms in total. The number of hydrogen-bond donors (Lipinski definition) is 3. The Morgan fingerprint density at radius 2 is 2.00 bits per heavy atom. The van der Waals surface area contributed by atoms with Crippen LogP contribution in [0.1, 0.15) is 45.4 Å². The molecule has 0 aromatic heterocycles. The third-order valence-electron chi connectivity index (χ3n) is 2.82. The Kier molecular flexibility index (Phi) is 6.05. The van der Waals surface area contributed by atoms with Crippen LogP contribution in [0.4, 0.5) is 11.4 Å². The lowest BCUT2D eigenvalue weighted by atomic mass is 10.1. The fraction of sp³-hybridized carbons (Fsp3) is 0.500. The summed E-state index contributed by atoms with van der Waals surface area (Å²) in [5, 5.41) is 12.0. The summed E-state index contributed by atoms with van der Waals surface area (Å²) < 4.78 is 0. The SMILES string of the molecule is CCCCCCCC(=O)Nc1ccc(O)cc1N. The van der Waals surface area contributed by atoms with Crippen LogP contribution < -0.4 is 11.1 Å². The van der Waals surface area contributed by atoms with Crippen LogP contribution in [0.25, 0.3) is 0 Å². The number of benzene rings is 1. The first-order valence-electron chi connectivity index (χ1n) is 6.52. The zero-order valence-corrected chi connectivity index (χ0v) is 10.9. The number of nitrogen functional groups attached to an aromatic ring is 1. The zero-order valence-electron chi connectivity index (χ0n) is 10.9. The van der Waals surface area contributed by atoms with Crippen LogP contribution in [0.15, 0.2) is 18.2 Å². The van der Waals surface area contributed by atoms with Gasteiger partial charge >= 0.3 is 0 Å². The number of unbranched alkanes of at least 4 members (excludes halogenated alkanes) is 4. The molecule has 1 aromatic carbocycles. The summed E-state index contributed by atoms with van der Waals surface area (Å²) in [4.78, 5) is 11.7. The smallest absolute Gasteiger partial charge is 0.224 e. The van der Waals surface area contributed by atoms with Crippen LogP contribution in [0.2, 0.25) is 0 Å². The van der Waals surface area contributed by atoms with Crippen molar-refractivity contribution in [2.24, 2.45) is 0 Å². The molecule has 4 N–H and O–H groups in total. The van der Waals surface area contributed by atoms with Gasteiger partial charge in [-0.05, 0) is 18.6 Å². The second kappa shape index (κ2) is 7.58. The van der Waals surface area contributed by atoms with Crippen LogP contribution in [0, 0.1) is 0 Å². The lowest BCUT2D eigenvalue weighted by molar-refractivity contribution is -0.116. The monoisotopic (exact) mass is 250 g/mol. The molecular formula is C14H22N2O2. The molecule has 1 aromatic rings. The lowest BCUT2D eigenvalue weighted by Crippen LogP contribution is -2.12. The van der Waals surface area contributed by atoms with Crippen molar-refractivity contribution in [3.05, 3.63) is 18.2 Å². The van der Waals surface area contributed by atoms with E-state index in [9.17, 15) is 9.90 Å². The summed E-state index contributed by atoms with van der Waals surface area (Å²) in [6, 6.07) is 4.55. The second-order valence-electron chi connectivity index (χ2n) is 4.48. The highest BCUT2D eigenvalue weighted by molar-refractivity contribution is 5.93. The highest BCUT2D eigenvalue weighted by Gasteiger charge is 2.05. The van der Waals surface area contributed by atoms with Crippen molar-refractivity contribution in [3.63, 3.8) is 0 Å². The van der Waals surface area contributed by atoms with E-state index >= 15 is 0 Å². The lowest BCUT2D eigenvalue weighted by Gasteiger charge is -2.08.